The summed E-state index contributed by atoms with van der Waals surface area (Å²) in [5, 5.41) is 19.4. The Morgan fingerprint density at radius 3 is 2.79 bits per heavy atom. The van der Waals surface area contributed by atoms with Crippen LogP contribution in [0, 0.1) is 5.82 Å². The van der Waals surface area contributed by atoms with Crippen LogP contribution in [0.15, 0.2) is 35.3 Å². The fraction of sp³-hybridized carbons (Fsp3) is 0.364. The number of alkyl halides is 2. The number of halogens is 3. The van der Waals surface area contributed by atoms with Crippen LogP contribution in [0.3, 0.4) is 0 Å². The summed E-state index contributed by atoms with van der Waals surface area (Å²) >= 11 is 0. The summed E-state index contributed by atoms with van der Waals surface area (Å²) in [5.74, 6) is -0.919. The van der Waals surface area contributed by atoms with Gasteiger partial charge in [-0.2, -0.15) is 5.10 Å². The molecule has 2 aromatic heterocycles. The van der Waals surface area contributed by atoms with Crippen molar-refractivity contribution >= 4 is 22.7 Å². The second-order valence-electron chi connectivity index (χ2n) is 8.04. The molecule has 0 spiro atoms. The van der Waals surface area contributed by atoms with Crippen molar-refractivity contribution in [3.05, 3.63) is 63.5 Å². The molecule has 2 atom stereocenters. The summed E-state index contributed by atoms with van der Waals surface area (Å²) < 4.78 is 40.8. The molecule has 1 amide bonds. The number of hydrogen-bond donors (Lipinski definition) is 3. The van der Waals surface area contributed by atoms with Gasteiger partial charge in [-0.25, -0.2) is 23.1 Å². The summed E-state index contributed by atoms with van der Waals surface area (Å²) in [7, 11) is 0. The SMILES string of the molecule is CC(Nc1n[nH]c(=O)c2cnc(C3CCCN(C(=O)O)C3)cc12)c1cccc(C(F)F)c1F. The zero-order chi connectivity index (χ0) is 23.7. The minimum absolute atomic E-state index is 0.0348. The number of benzene rings is 1. The number of amides is 1. The Labute approximate surface area is 186 Å². The molecule has 1 aromatic carbocycles. The van der Waals surface area contributed by atoms with E-state index in [0.29, 0.717) is 24.0 Å². The summed E-state index contributed by atoms with van der Waals surface area (Å²) in [5.41, 5.74) is -0.508. The normalized spacial score (nSPS) is 17.4. The lowest BCUT2D eigenvalue weighted by atomic mass is 9.93. The highest BCUT2D eigenvalue weighted by Crippen LogP contribution is 2.31. The molecule has 1 aliphatic heterocycles. The molecule has 0 aliphatic carbocycles. The fourth-order valence-electron chi connectivity index (χ4n) is 4.16. The van der Waals surface area contributed by atoms with Gasteiger partial charge in [0.25, 0.3) is 12.0 Å². The van der Waals surface area contributed by atoms with Gasteiger partial charge in [0.2, 0.25) is 0 Å². The van der Waals surface area contributed by atoms with Crippen molar-refractivity contribution in [3.8, 4) is 0 Å². The Morgan fingerprint density at radius 1 is 1.30 bits per heavy atom. The van der Waals surface area contributed by atoms with E-state index in [0.717, 1.165) is 12.5 Å². The Hall–Kier alpha value is -3.63. The molecule has 174 valence electrons. The molecule has 33 heavy (non-hydrogen) atoms. The molecule has 3 N–H and O–H groups in total. The van der Waals surface area contributed by atoms with Crippen molar-refractivity contribution in [2.45, 2.75) is 38.2 Å². The quantitative estimate of drug-likeness (QED) is 0.519. The number of aromatic amines is 1. The van der Waals surface area contributed by atoms with Crippen LogP contribution in [-0.4, -0.2) is 44.4 Å². The van der Waals surface area contributed by atoms with E-state index in [1.807, 2.05) is 0 Å². The first kappa shape index (κ1) is 22.6. The number of hydrogen-bond acceptors (Lipinski definition) is 5. The number of pyridine rings is 1. The van der Waals surface area contributed by atoms with Crippen LogP contribution in [0.1, 0.15) is 55.0 Å². The van der Waals surface area contributed by atoms with Gasteiger partial charge in [0.05, 0.1) is 17.0 Å². The molecule has 2 unspecified atom stereocenters. The lowest BCUT2D eigenvalue weighted by Gasteiger charge is -2.30. The second kappa shape index (κ2) is 9.08. The lowest BCUT2D eigenvalue weighted by Crippen LogP contribution is -2.38. The van der Waals surface area contributed by atoms with E-state index in [1.165, 1.54) is 23.2 Å². The maximum absolute atomic E-state index is 14.6. The van der Waals surface area contributed by atoms with Gasteiger partial charge < -0.3 is 15.3 Å². The number of rotatable bonds is 5. The first-order chi connectivity index (χ1) is 15.8. The minimum Gasteiger partial charge on any atom is -0.465 e. The van der Waals surface area contributed by atoms with Crippen LogP contribution in [-0.2, 0) is 0 Å². The number of likely N-dealkylation sites (tertiary alicyclic amines) is 1. The van der Waals surface area contributed by atoms with Gasteiger partial charge in [0.15, 0.2) is 5.82 Å². The van der Waals surface area contributed by atoms with Gasteiger partial charge in [-0.1, -0.05) is 18.2 Å². The molecule has 1 saturated heterocycles. The van der Waals surface area contributed by atoms with Gasteiger partial charge in [0, 0.05) is 41.8 Å². The van der Waals surface area contributed by atoms with Gasteiger partial charge in [-0.15, -0.1) is 0 Å². The highest BCUT2D eigenvalue weighted by molar-refractivity contribution is 5.90. The summed E-state index contributed by atoms with van der Waals surface area (Å²) in [6.07, 6.45) is -1.12. The molecule has 11 heteroatoms. The molecule has 0 bridgehead atoms. The maximum Gasteiger partial charge on any atom is 0.407 e. The first-order valence-electron chi connectivity index (χ1n) is 10.5. The highest BCUT2D eigenvalue weighted by atomic mass is 19.3. The Kier molecular flexibility index (Phi) is 6.21. The van der Waals surface area contributed by atoms with Crippen molar-refractivity contribution in [1.29, 1.82) is 0 Å². The maximum atomic E-state index is 14.6. The number of aromatic nitrogens is 3. The number of H-pyrrole nitrogens is 1. The van der Waals surface area contributed by atoms with E-state index >= 15 is 0 Å². The van der Waals surface area contributed by atoms with Crippen LogP contribution in [0.5, 0.6) is 0 Å². The monoisotopic (exact) mass is 461 g/mol. The van der Waals surface area contributed by atoms with Crippen molar-refractivity contribution in [1.82, 2.24) is 20.1 Å². The minimum atomic E-state index is -2.95. The van der Waals surface area contributed by atoms with Gasteiger partial charge in [0.1, 0.15) is 5.82 Å². The third kappa shape index (κ3) is 4.48. The number of anilines is 1. The molecule has 0 radical (unpaired) electrons. The molecule has 0 saturated carbocycles. The molecule has 1 fully saturated rings. The van der Waals surface area contributed by atoms with Crippen LogP contribution < -0.4 is 10.9 Å². The van der Waals surface area contributed by atoms with Gasteiger partial charge >= 0.3 is 6.09 Å². The lowest BCUT2D eigenvalue weighted by molar-refractivity contribution is 0.130. The predicted molar refractivity (Wildman–Crippen MR) is 115 cm³/mol. The van der Waals surface area contributed by atoms with E-state index < -0.39 is 35.5 Å². The number of nitrogens with one attached hydrogen (secondary N) is 2. The van der Waals surface area contributed by atoms with Gasteiger partial charge in [-0.05, 0) is 25.8 Å². The molecule has 1 aliphatic rings. The van der Waals surface area contributed by atoms with Crippen molar-refractivity contribution in [2.75, 3.05) is 18.4 Å². The third-order valence-corrected chi connectivity index (χ3v) is 5.92. The standard InChI is InChI=1S/C22H22F3N5O3/c1-11(13-5-2-6-14(18(13)23)19(24)25)27-20-15-8-17(26-9-16(15)21(31)29-28-20)12-4-3-7-30(10-12)22(32)33/h2,5-6,8-9,11-12,19H,3-4,7,10H2,1H3,(H,27,28)(H,29,31)(H,32,33). The largest absolute Gasteiger partial charge is 0.465 e. The molecule has 3 heterocycles. The topological polar surface area (TPSA) is 111 Å². The predicted octanol–water partition coefficient (Wildman–Crippen LogP) is 4.43. The van der Waals surface area contributed by atoms with E-state index in [1.54, 1.807) is 13.0 Å². The van der Waals surface area contributed by atoms with Crippen LogP contribution >= 0.6 is 0 Å². The summed E-state index contributed by atoms with van der Waals surface area (Å²) in [6, 6.07) is 4.73. The van der Waals surface area contributed by atoms with E-state index in [9.17, 15) is 27.9 Å². The number of nitrogens with zero attached hydrogens (tertiary/aromatic N) is 3. The molecular formula is C22H22F3N5O3. The Bertz CT molecular complexity index is 1250. The van der Waals surface area contributed by atoms with E-state index in [4.69, 9.17) is 0 Å². The van der Waals surface area contributed by atoms with Crippen molar-refractivity contribution in [3.63, 3.8) is 0 Å². The first-order valence-corrected chi connectivity index (χ1v) is 10.5. The Morgan fingerprint density at radius 2 is 2.06 bits per heavy atom. The third-order valence-electron chi connectivity index (χ3n) is 5.92. The zero-order valence-electron chi connectivity index (χ0n) is 17.7. The van der Waals surface area contributed by atoms with Gasteiger partial charge in [-0.3, -0.25) is 9.78 Å². The summed E-state index contributed by atoms with van der Waals surface area (Å²) in [4.78, 5) is 29.3. The smallest absolute Gasteiger partial charge is 0.407 e. The average molecular weight is 461 g/mol. The number of carbonyl (C=O) groups is 1. The van der Waals surface area contributed by atoms with Crippen molar-refractivity contribution in [2.24, 2.45) is 0 Å². The van der Waals surface area contributed by atoms with E-state index in [-0.39, 0.29) is 29.2 Å². The molecule has 3 aromatic rings. The molecular weight excluding hydrogens is 439 g/mol. The van der Waals surface area contributed by atoms with Crippen molar-refractivity contribution < 1.29 is 23.1 Å². The number of carboxylic acid groups (broad SMARTS) is 1. The van der Waals surface area contributed by atoms with Crippen LogP contribution in [0.4, 0.5) is 23.8 Å². The molecule has 8 nitrogen and oxygen atoms in total. The second-order valence-corrected chi connectivity index (χ2v) is 8.04. The van der Waals surface area contributed by atoms with E-state index in [2.05, 4.69) is 20.5 Å². The number of fused-ring (bicyclic) bond motifs is 1. The molecule has 4 rings (SSSR count). The average Bonchev–Trinajstić information content (AvgIpc) is 2.80. The number of piperidine rings is 1. The fourth-order valence-corrected chi connectivity index (χ4v) is 4.16. The Balaban J connectivity index is 1.69. The highest BCUT2D eigenvalue weighted by Gasteiger charge is 2.26. The van der Waals surface area contributed by atoms with Crippen LogP contribution in [0.25, 0.3) is 10.8 Å². The summed E-state index contributed by atoms with van der Waals surface area (Å²) in [6.45, 7) is 2.34. The van der Waals surface area contributed by atoms with Crippen LogP contribution in [0.2, 0.25) is 0 Å². The zero-order valence-corrected chi connectivity index (χ0v) is 17.7.